The molecule has 0 spiro atoms. The molecule has 5 heteroatoms. The Bertz CT molecular complexity index is 179. The lowest BCUT2D eigenvalue weighted by Crippen LogP contribution is -2.40. The van der Waals surface area contributed by atoms with Crippen molar-refractivity contribution in [3.05, 3.63) is 0 Å². The van der Waals surface area contributed by atoms with Crippen LogP contribution in [0.4, 0.5) is 4.39 Å². The first-order valence-corrected chi connectivity index (χ1v) is 3.19. The smallest absolute Gasteiger partial charge is 0.346 e. The van der Waals surface area contributed by atoms with Gasteiger partial charge in [0, 0.05) is 0 Å². The second kappa shape index (κ2) is 2.42. The van der Waals surface area contributed by atoms with Crippen LogP contribution in [-0.2, 0) is 9.53 Å². The van der Waals surface area contributed by atoms with Crippen molar-refractivity contribution >= 4 is 5.97 Å². The van der Waals surface area contributed by atoms with Crippen molar-refractivity contribution < 1.29 is 24.1 Å². The summed E-state index contributed by atoms with van der Waals surface area (Å²) in [6, 6.07) is 0. The number of carbonyl (C=O) groups excluding carboxylic acids is 1. The van der Waals surface area contributed by atoms with Crippen LogP contribution in [-0.4, -0.2) is 40.7 Å². The van der Waals surface area contributed by atoms with Crippen LogP contribution in [0.25, 0.3) is 0 Å². The van der Waals surface area contributed by atoms with E-state index in [4.69, 9.17) is 10.2 Å². The average molecular weight is 164 g/mol. The van der Waals surface area contributed by atoms with E-state index < -0.39 is 30.5 Å². The highest BCUT2D eigenvalue weighted by molar-refractivity contribution is 5.82. The van der Waals surface area contributed by atoms with E-state index in [0.717, 1.165) is 6.92 Å². The number of carbonyl (C=O) groups is 1. The van der Waals surface area contributed by atoms with E-state index in [-0.39, 0.29) is 0 Å². The number of halogens is 1. The molecule has 0 aromatic carbocycles. The van der Waals surface area contributed by atoms with E-state index in [1.54, 1.807) is 0 Å². The third-order valence-electron chi connectivity index (χ3n) is 1.75. The fourth-order valence-corrected chi connectivity index (χ4v) is 0.924. The molecule has 0 amide bonds. The Kier molecular flexibility index (Phi) is 1.85. The van der Waals surface area contributed by atoms with Gasteiger partial charge in [-0.3, -0.25) is 0 Å². The van der Waals surface area contributed by atoms with E-state index in [1.807, 2.05) is 0 Å². The van der Waals surface area contributed by atoms with Crippen LogP contribution in [0.5, 0.6) is 0 Å². The fourth-order valence-electron chi connectivity index (χ4n) is 0.924. The van der Waals surface area contributed by atoms with Crippen LogP contribution in [0, 0.1) is 0 Å². The Morgan fingerprint density at radius 2 is 2.36 bits per heavy atom. The minimum atomic E-state index is -2.38. The van der Waals surface area contributed by atoms with Gasteiger partial charge in [-0.05, 0) is 6.92 Å². The largest absolute Gasteiger partial charge is 0.455 e. The number of ether oxygens (including phenoxy) is 1. The van der Waals surface area contributed by atoms with Crippen molar-refractivity contribution in [1.82, 2.24) is 0 Å². The molecule has 1 heterocycles. The summed E-state index contributed by atoms with van der Waals surface area (Å²) in [4.78, 5) is 10.6. The van der Waals surface area contributed by atoms with Gasteiger partial charge in [0.2, 0.25) is 5.67 Å². The number of aliphatic hydroxyl groups is 2. The number of esters is 1. The highest BCUT2D eigenvalue weighted by Crippen LogP contribution is 2.29. The van der Waals surface area contributed by atoms with Gasteiger partial charge in [0.1, 0.15) is 6.10 Å². The Balaban J connectivity index is 2.80. The molecular formula is C6H9FO4. The zero-order chi connectivity index (χ0) is 8.65. The van der Waals surface area contributed by atoms with Crippen LogP contribution in [0.1, 0.15) is 6.92 Å². The maximum Gasteiger partial charge on any atom is 0.346 e. The second-order valence-electron chi connectivity index (χ2n) is 2.65. The van der Waals surface area contributed by atoms with Crippen LogP contribution in [0.3, 0.4) is 0 Å². The third kappa shape index (κ3) is 1.10. The molecule has 2 N–H and O–H groups in total. The van der Waals surface area contributed by atoms with Gasteiger partial charge in [0.25, 0.3) is 0 Å². The van der Waals surface area contributed by atoms with E-state index in [2.05, 4.69) is 4.74 Å². The first-order chi connectivity index (χ1) is 5.00. The molecule has 64 valence electrons. The summed E-state index contributed by atoms with van der Waals surface area (Å²) in [7, 11) is 0. The molecule has 0 bridgehead atoms. The Labute approximate surface area is 62.6 Å². The minimum absolute atomic E-state index is 0.563. The van der Waals surface area contributed by atoms with E-state index in [1.165, 1.54) is 0 Å². The van der Waals surface area contributed by atoms with Gasteiger partial charge in [-0.15, -0.1) is 0 Å². The molecule has 0 radical (unpaired) electrons. The molecule has 1 fully saturated rings. The highest BCUT2D eigenvalue weighted by atomic mass is 19.1. The van der Waals surface area contributed by atoms with Gasteiger partial charge in [-0.1, -0.05) is 0 Å². The molecular weight excluding hydrogens is 155 g/mol. The third-order valence-corrected chi connectivity index (χ3v) is 1.75. The molecule has 11 heavy (non-hydrogen) atoms. The number of cyclic esters (lactones) is 1. The quantitative estimate of drug-likeness (QED) is 0.487. The van der Waals surface area contributed by atoms with Crippen LogP contribution in [0.15, 0.2) is 0 Å². The highest BCUT2D eigenvalue weighted by Gasteiger charge is 2.54. The zero-order valence-corrected chi connectivity index (χ0v) is 5.95. The lowest BCUT2D eigenvalue weighted by atomic mass is 10.0. The van der Waals surface area contributed by atoms with Crippen molar-refractivity contribution in [1.29, 1.82) is 0 Å². The van der Waals surface area contributed by atoms with Gasteiger partial charge in [-0.25, -0.2) is 9.18 Å². The topological polar surface area (TPSA) is 66.8 Å². The molecule has 3 atom stereocenters. The molecule has 4 nitrogen and oxygen atoms in total. The molecule has 1 aliphatic rings. The van der Waals surface area contributed by atoms with E-state index >= 15 is 0 Å². The Morgan fingerprint density at radius 3 is 2.55 bits per heavy atom. The molecule has 0 saturated carbocycles. The summed E-state index contributed by atoms with van der Waals surface area (Å²) < 4.78 is 17.3. The van der Waals surface area contributed by atoms with Crippen molar-refractivity contribution in [3.63, 3.8) is 0 Å². The predicted molar refractivity (Wildman–Crippen MR) is 32.5 cm³/mol. The van der Waals surface area contributed by atoms with Crippen molar-refractivity contribution in [2.45, 2.75) is 24.8 Å². The number of alkyl halides is 1. The maximum absolute atomic E-state index is 13.0. The molecule has 0 aromatic rings. The van der Waals surface area contributed by atoms with Gasteiger partial charge >= 0.3 is 5.97 Å². The standard InChI is InChI=1S/C6H9FO4/c1-6(7)4(9)3(2-8)11-5(6)10/h3-4,8-9H,2H2,1H3/t3-,4?,6-/m1/s1. The maximum atomic E-state index is 13.0. The number of aliphatic hydroxyl groups excluding tert-OH is 2. The zero-order valence-electron chi connectivity index (χ0n) is 5.95. The normalized spacial score (nSPS) is 44.2. The first-order valence-electron chi connectivity index (χ1n) is 3.19. The van der Waals surface area contributed by atoms with E-state index in [9.17, 15) is 9.18 Å². The fraction of sp³-hybridized carbons (Fsp3) is 0.833. The summed E-state index contributed by atoms with van der Waals surface area (Å²) in [6.45, 7) is 0.363. The first kappa shape index (κ1) is 8.42. The van der Waals surface area contributed by atoms with Gasteiger partial charge in [-0.2, -0.15) is 0 Å². The predicted octanol–water partition coefficient (Wildman–Crippen LogP) is -1.01. The lowest BCUT2D eigenvalue weighted by molar-refractivity contribution is -0.150. The molecule has 1 unspecified atom stereocenters. The van der Waals surface area contributed by atoms with Crippen LogP contribution in [0.2, 0.25) is 0 Å². The minimum Gasteiger partial charge on any atom is -0.455 e. The van der Waals surface area contributed by atoms with Gasteiger partial charge in [0.05, 0.1) is 6.61 Å². The summed E-state index contributed by atoms with van der Waals surface area (Å²) in [5.74, 6) is -1.12. The summed E-state index contributed by atoms with van der Waals surface area (Å²) in [6.07, 6.45) is -2.70. The van der Waals surface area contributed by atoms with Gasteiger partial charge in [0.15, 0.2) is 6.10 Å². The monoisotopic (exact) mass is 164 g/mol. The van der Waals surface area contributed by atoms with Crippen molar-refractivity contribution in [2.75, 3.05) is 6.61 Å². The van der Waals surface area contributed by atoms with Crippen LogP contribution < -0.4 is 0 Å². The Morgan fingerprint density at radius 1 is 1.82 bits per heavy atom. The van der Waals surface area contributed by atoms with Crippen molar-refractivity contribution in [3.8, 4) is 0 Å². The summed E-state index contributed by atoms with van der Waals surface area (Å²) >= 11 is 0. The molecule has 0 aliphatic carbocycles. The SMILES string of the molecule is C[C@]1(F)C(=O)O[C@H](CO)C1O. The second-order valence-corrected chi connectivity index (χ2v) is 2.65. The molecule has 1 rings (SSSR count). The molecule has 1 saturated heterocycles. The Hall–Kier alpha value is -0.680. The number of hydrogen-bond acceptors (Lipinski definition) is 4. The van der Waals surface area contributed by atoms with E-state index in [0.29, 0.717) is 0 Å². The summed E-state index contributed by atoms with van der Waals surface area (Å²) in [5, 5.41) is 17.5. The molecule has 1 aliphatic heterocycles. The van der Waals surface area contributed by atoms with Crippen molar-refractivity contribution in [2.24, 2.45) is 0 Å². The number of hydrogen-bond donors (Lipinski definition) is 2. The summed E-state index contributed by atoms with van der Waals surface area (Å²) in [5.41, 5.74) is -2.38. The lowest BCUT2D eigenvalue weighted by Gasteiger charge is -2.14. The van der Waals surface area contributed by atoms with Crippen LogP contribution >= 0.6 is 0 Å². The number of rotatable bonds is 1. The molecule has 0 aromatic heterocycles. The average Bonchev–Trinajstić information content (AvgIpc) is 2.14. The van der Waals surface area contributed by atoms with Gasteiger partial charge < -0.3 is 14.9 Å².